The molecule has 3 aromatic rings. The van der Waals surface area contributed by atoms with E-state index >= 15 is 0 Å². The minimum absolute atomic E-state index is 0.166. The van der Waals surface area contributed by atoms with E-state index in [2.05, 4.69) is 58.7 Å². The predicted octanol–water partition coefficient (Wildman–Crippen LogP) is 3.65. The van der Waals surface area contributed by atoms with Crippen LogP contribution in [0, 0.1) is 11.3 Å². The number of pyridine rings is 1. The van der Waals surface area contributed by atoms with E-state index in [1.807, 2.05) is 12.1 Å². The molecule has 178 valence electrons. The normalized spacial score (nSPS) is 19.7. The summed E-state index contributed by atoms with van der Waals surface area (Å²) in [5.41, 5.74) is 2.55. The van der Waals surface area contributed by atoms with Gasteiger partial charge in [-0.1, -0.05) is 26.0 Å². The van der Waals surface area contributed by atoms with Crippen LogP contribution in [-0.2, 0) is 7.05 Å². The largest absolute Gasteiger partial charge is 0.497 e. The highest BCUT2D eigenvalue weighted by atomic mass is 16.5. The molecule has 1 aliphatic rings. The van der Waals surface area contributed by atoms with Crippen molar-refractivity contribution in [2.24, 2.45) is 7.05 Å². The van der Waals surface area contributed by atoms with Crippen LogP contribution in [0.2, 0.25) is 0 Å². The fourth-order valence-corrected chi connectivity index (χ4v) is 4.96. The van der Waals surface area contributed by atoms with Crippen molar-refractivity contribution in [3.8, 4) is 11.8 Å². The van der Waals surface area contributed by atoms with Crippen LogP contribution in [0.4, 0.5) is 5.82 Å². The summed E-state index contributed by atoms with van der Waals surface area (Å²) in [5, 5.41) is 9.41. The van der Waals surface area contributed by atoms with Gasteiger partial charge in [0.2, 0.25) is 0 Å². The van der Waals surface area contributed by atoms with Crippen LogP contribution in [-0.4, -0.2) is 51.7 Å². The standard InChI is InChI=1S/C26H32N6O2/c1-6-20-16-32(25-24-23(30(4)26(33)29-25)13-10-19(14-27)28-24)21(7-2)15-31(20)17(3)18-8-11-22(34-5)12-9-18/h8-13,17,20-21H,6-7,15-16H2,1-5H3/t17?,20-,21?/m1/s1. The number of hydrogen-bond donors (Lipinski definition) is 0. The average Bonchev–Trinajstić information content (AvgIpc) is 2.89. The number of benzene rings is 1. The summed E-state index contributed by atoms with van der Waals surface area (Å²) in [6, 6.07) is 14.5. The smallest absolute Gasteiger partial charge is 0.349 e. The topological polar surface area (TPSA) is 87.3 Å². The molecule has 0 amide bonds. The third-order valence-electron chi connectivity index (χ3n) is 7.10. The van der Waals surface area contributed by atoms with Gasteiger partial charge in [0.15, 0.2) is 5.82 Å². The number of hydrogen-bond acceptors (Lipinski definition) is 7. The van der Waals surface area contributed by atoms with Gasteiger partial charge >= 0.3 is 5.69 Å². The molecular formula is C26H32N6O2. The summed E-state index contributed by atoms with van der Waals surface area (Å²) in [6.07, 6.45) is 1.87. The molecule has 1 saturated heterocycles. The van der Waals surface area contributed by atoms with E-state index < -0.39 is 0 Å². The first-order valence-electron chi connectivity index (χ1n) is 11.9. The zero-order chi connectivity index (χ0) is 24.4. The highest BCUT2D eigenvalue weighted by molar-refractivity contribution is 5.86. The number of piperazine rings is 1. The van der Waals surface area contributed by atoms with E-state index in [4.69, 9.17) is 4.74 Å². The molecule has 1 fully saturated rings. The lowest BCUT2D eigenvalue weighted by Crippen LogP contribution is -2.59. The average molecular weight is 461 g/mol. The number of aryl methyl sites for hydroxylation is 1. The van der Waals surface area contributed by atoms with Crippen molar-refractivity contribution in [1.82, 2.24) is 19.4 Å². The number of fused-ring (bicyclic) bond motifs is 1. The number of nitriles is 1. The number of rotatable bonds is 6. The quantitative estimate of drug-likeness (QED) is 0.555. The maximum Gasteiger partial charge on any atom is 0.349 e. The van der Waals surface area contributed by atoms with Crippen molar-refractivity contribution in [2.45, 2.75) is 51.7 Å². The Labute approximate surface area is 200 Å². The maximum atomic E-state index is 12.7. The van der Waals surface area contributed by atoms with Gasteiger partial charge in [-0.15, -0.1) is 0 Å². The molecule has 2 unspecified atom stereocenters. The van der Waals surface area contributed by atoms with Gasteiger partial charge in [0.1, 0.15) is 23.0 Å². The first-order valence-corrected chi connectivity index (χ1v) is 11.9. The zero-order valence-corrected chi connectivity index (χ0v) is 20.5. The van der Waals surface area contributed by atoms with E-state index in [-0.39, 0.29) is 23.8 Å². The summed E-state index contributed by atoms with van der Waals surface area (Å²) in [5.74, 6) is 1.43. The van der Waals surface area contributed by atoms with E-state index in [1.165, 1.54) is 10.1 Å². The highest BCUT2D eigenvalue weighted by Crippen LogP contribution is 2.33. The molecular weight excluding hydrogens is 428 g/mol. The molecule has 0 spiro atoms. The number of aromatic nitrogens is 3. The third-order valence-corrected chi connectivity index (χ3v) is 7.10. The van der Waals surface area contributed by atoms with E-state index in [0.717, 1.165) is 31.7 Å². The summed E-state index contributed by atoms with van der Waals surface area (Å²) in [4.78, 5) is 26.5. The fraction of sp³-hybridized carbons (Fsp3) is 0.462. The minimum Gasteiger partial charge on any atom is -0.497 e. The maximum absolute atomic E-state index is 12.7. The van der Waals surface area contributed by atoms with Crippen molar-refractivity contribution < 1.29 is 4.74 Å². The molecule has 0 saturated carbocycles. The molecule has 0 N–H and O–H groups in total. The Bertz CT molecular complexity index is 1260. The van der Waals surface area contributed by atoms with E-state index in [0.29, 0.717) is 22.5 Å². The molecule has 8 heteroatoms. The SMILES string of the molecule is CCC1CN(C(C)c2ccc(OC)cc2)[C@H](CC)CN1c1nc(=O)n(C)c2ccc(C#N)nc12. The Morgan fingerprint density at radius 1 is 1.09 bits per heavy atom. The Morgan fingerprint density at radius 2 is 1.79 bits per heavy atom. The molecule has 1 aliphatic heterocycles. The predicted molar refractivity (Wildman–Crippen MR) is 133 cm³/mol. The second kappa shape index (κ2) is 9.82. The van der Waals surface area contributed by atoms with Crippen LogP contribution in [0.5, 0.6) is 5.75 Å². The van der Waals surface area contributed by atoms with Gasteiger partial charge < -0.3 is 9.64 Å². The minimum atomic E-state index is -0.314. The summed E-state index contributed by atoms with van der Waals surface area (Å²) < 4.78 is 6.82. The van der Waals surface area contributed by atoms with Crippen molar-refractivity contribution in [1.29, 1.82) is 5.26 Å². The van der Waals surface area contributed by atoms with Crippen molar-refractivity contribution in [2.75, 3.05) is 25.1 Å². The lowest BCUT2D eigenvalue weighted by Gasteiger charge is -2.49. The lowest BCUT2D eigenvalue weighted by atomic mass is 9.97. The second-order valence-electron chi connectivity index (χ2n) is 8.88. The molecule has 3 heterocycles. The molecule has 3 atom stereocenters. The molecule has 2 aromatic heterocycles. The number of ether oxygens (including phenoxy) is 1. The first kappa shape index (κ1) is 23.7. The molecule has 4 rings (SSSR count). The van der Waals surface area contributed by atoms with Gasteiger partial charge in [0, 0.05) is 38.3 Å². The summed E-state index contributed by atoms with van der Waals surface area (Å²) in [7, 11) is 3.37. The molecule has 0 radical (unpaired) electrons. The van der Waals surface area contributed by atoms with Gasteiger partial charge in [0.05, 0.1) is 12.6 Å². The summed E-state index contributed by atoms with van der Waals surface area (Å²) in [6.45, 7) is 8.20. The first-order chi connectivity index (χ1) is 16.4. The van der Waals surface area contributed by atoms with Crippen LogP contribution >= 0.6 is 0 Å². The molecule has 1 aromatic carbocycles. The van der Waals surface area contributed by atoms with Crippen LogP contribution in [0.15, 0.2) is 41.2 Å². The fourth-order valence-electron chi connectivity index (χ4n) is 4.96. The Kier molecular flexibility index (Phi) is 6.85. The molecule has 34 heavy (non-hydrogen) atoms. The van der Waals surface area contributed by atoms with Gasteiger partial charge in [-0.3, -0.25) is 9.47 Å². The van der Waals surface area contributed by atoms with Crippen molar-refractivity contribution in [3.05, 3.63) is 58.1 Å². The van der Waals surface area contributed by atoms with Crippen LogP contribution in [0.3, 0.4) is 0 Å². The number of nitrogens with zero attached hydrogens (tertiary/aromatic N) is 6. The molecule has 8 nitrogen and oxygen atoms in total. The highest BCUT2D eigenvalue weighted by Gasteiger charge is 2.36. The second-order valence-corrected chi connectivity index (χ2v) is 8.88. The van der Waals surface area contributed by atoms with Gasteiger partial charge in [0.25, 0.3) is 0 Å². The monoisotopic (exact) mass is 460 g/mol. The number of methoxy groups -OCH3 is 1. The van der Waals surface area contributed by atoms with E-state index in [9.17, 15) is 10.1 Å². The Balaban J connectivity index is 1.73. The zero-order valence-electron chi connectivity index (χ0n) is 20.5. The van der Waals surface area contributed by atoms with Crippen LogP contribution < -0.4 is 15.3 Å². The molecule has 0 aliphatic carbocycles. The van der Waals surface area contributed by atoms with E-state index in [1.54, 1.807) is 26.3 Å². The number of anilines is 1. The molecule has 0 bridgehead atoms. The van der Waals surface area contributed by atoms with Gasteiger partial charge in [-0.05, 0) is 49.6 Å². The van der Waals surface area contributed by atoms with Crippen LogP contribution in [0.1, 0.15) is 50.9 Å². The van der Waals surface area contributed by atoms with Gasteiger partial charge in [-0.2, -0.15) is 10.2 Å². The third kappa shape index (κ3) is 4.24. The van der Waals surface area contributed by atoms with Crippen molar-refractivity contribution in [3.63, 3.8) is 0 Å². The van der Waals surface area contributed by atoms with Gasteiger partial charge in [-0.25, -0.2) is 9.78 Å². The van der Waals surface area contributed by atoms with Crippen LogP contribution in [0.25, 0.3) is 11.0 Å². The van der Waals surface area contributed by atoms with Crippen molar-refractivity contribution >= 4 is 16.9 Å². The summed E-state index contributed by atoms with van der Waals surface area (Å²) >= 11 is 0. The Morgan fingerprint density at radius 3 is 2.41 bits per heavy atom. The Hall–Kier alpha value is -3.44. The lowest BCUT2D eigenvalue weighted by molar-refractivity contribution is 0.101.